The lowest BCUT2D eigenvalue weighted by Crippen LogP contribution is -2.37. The maximum atomic E-state index is 11.1. The first kappa shape index (κ1) is 12.5. The fraction of sp³-hybridized carbons (Fsp3) is 0.909. The van der Waals surface area contributed by atoms with E-state index in [1.165, 1.54) is 25.7 Å². The molecular formula is C11H21NO3. The maximum absolute atomic E-state index is 11.1. The normalized spacial score (nSPS) is 19.1. The second kappa shape index (κ2) is 6.80. The number of ether oxygens (including phenoxy) is 2. The Balaban J connectivity index is 2.05. The molecular weight excluding hydrogens is 194 g/mol. The van der Waals surface area contributed by atoms with Crippen molar-refractivity contribution in [3.8, 4) is 0 Å². The first-order chi connectivity index (χ1) is 7.24. The van der Waals surface area contributed by atoms with Gasteiger partial charge in [-0.25, -0.2) is 0 Å². The van der Waals surface area contributed by atoms with Crippen molar-refractivity contribution >= 4 is 5.97 Å². The van der Waals surface area contributed by atoms with Crippen LogP contribution < -0.4 is 5.73 Å². The molecule has 0 heterocycles. The van der Waals surface area contributed by atoms with Gasteiger partial charge in [-0.1, -0.05) is 12.8 Å². The molecule has 1 atom stereocenters. The molecule has 0 aromatic heterocycles. The minimum absolute atomic E-state index is 0.273. The highest BCUT2D eigenvalue weighted by Gasteiger charge is 2.18. The minimum atomic E-state index is -0.633. The average Bonchev–Trinajstić information content (AvgIpc) is 2.71. The van der Waals surface area contributed by atoms with Crippen molar-refractivity contribution in [3.63, 3.8) is 0 Å². The highest BCUT2D eigenvalue weighted by atomic mass is 16.5. The first-order valence-electron chi connectivity index (χ1n) is 5.74. The third kappa shape index (κ3) is 4.62. The quantitative estimate of drug-likeness (QED) is 0.674. The van der Waals surface area contributed by atoms with Gasteiger partial charge in [-0.3, -0.25) is 4.79 Å². The van der Waals surface area contributed by atoms with Crippen LogP contribution in [0.1, 0.15) is 32.6 Å². The van der Waals surface area contributed by atoms with Crippen molar-refractivity contribution in [2.45, 2.75) is 38.6 Å². The molecule has 0 saturated heterocycles. The molecule has 0 radical (unpaired) electrons. The van der Waals surface area contributed by atoms with Crippen molar-refractivity contribution in [1.29, 1.82) is 0 Å². The van der Waals surface area contributed by atoms with E-state index >= 15 is 0 Å². The molecule has 88 valence electrons. The van der Waals surface area contributed by atoms with Crippen molar-refractivity contribution in [3.05, 3.63) is 0 Å². The van der Waals surface area contributed by atoms with Crippen LogP contribution in [0.4, 0.5) is 0 Å². The summed E-state index contributed by atoms with van der Waals surface area (Å²) in [5, 5.41) is 0. The third-order valence-corrected chi connectivity index (χ3v) is 2.72. The number of nitrogens with two attached hydrogens (primary N) is 1. The summed E-state index contributed by atoms with van der Waals surface area (Å²) >= 11 is 0. The van der Waals surface area contributed by atoms with Gasteiger partial charge >= 0.3 is 5.97 Å². The molecule has 1 aliphatic rings. The van der Waals surface area contributed by atoms with Gasteiger partial charge < -0.3 is 15.2 Å². The Bertz CT molecular complexity index is 190. The van der Waals surface area contributed by atoms with E-state index in [9.17, 15) is 4.79 Å². The number of hydrogen-bond donors (Lipinski definition) is 1. The summed E-state index contributed by atoms with van der Waals surface area (Å²) in [6, 6.07) is -0.633. The summed E-state index contributed by atoms with van der Waals surface area (Å²) in [5.41, 5.74) is 5.59. The zero-order valence-corrected chi connectivity index (χ0v) is 9.41. The van der Waals surface area contributed by atoms with E-state index in [2.05, 4.69) is 0 Å². The van der Waals surface area contributed by atoms with Crippen LogP contribution in [0.3, 0.4) is 0 Å². The Morgan fingerprint density at radius 2 is 2.13 bits per heavy atom. The molecule has 0 aromatic rings. The largest absolute Gasteiger partial charge is 0.465 e. The SMILES string of the molecule is CCOC(=O)C(N)COCC1CCCC1. The monoisotopic (exact) mass is 215 g/mol. The summed E-state index contributed by atoms with van der Waals surface area (Å²) in [4.78, 5) is 11.1. The molecule has 2 N–H and O–H groups in total. The van der Waals surface area contributed by atoms with Crippen LogP contribution in [-0.2, 0) is 14.3 Å². The van der Waals surface area contributed by atoms with E-state index in [4.69, 9.17) is 15.2 Å². The zero-order chi connectivity index (χ0) is 11.1. The van der Waals surface area contributed by atoms with Gasteiger partial charge in [-0.2, -0.15) is 0 Å². The molecule has 15 heavy (non-hydrogen) atoms. The van der Waals surface area contributed by atoms with Gasteiger partial charge in [0.05, 0.1) is 13.2 Å². The summed E-state index contributed by atoms with van der Waals surface area (Å²) in [6.07, 6.45) is 5.10. The second-order valence-electron chi connectivity index (χ2n) is 4.05. The fourth-order valence-electron chi connectivity index (χ4n) is 1.86. The Kier molecular flexibility index (Phi) is 5.65. The predicted octanol–water partition coefficient (Wildman–Crippen LogP) is 1.08. The topological polar surface area (TPSA) is 61.5 Å². The van der Waals surface area contributed by atoms with E-state index < -0.39 is 6.04 Å². The summed E-state index contributed by atoms with van der Waals surface area (Å²) in [5.74, 6) is 0.295. The van der Waals surface area contributed by atoms with E-state index in [0.717, 1.165) is 6.61 Å². The summed E-state index contributed by atoms with van der Waals surface area (Å²) in [7, 11) is 0. The molecule has 0 amide bonds. The molecule has 1 unspecified atom stereocenters. The Morgan fingerprint density at radius 3 is 2.73 bits per heavy atom. The molecule has 4 heteroatoms. The lowest BCUT2D eigenvalue weighted by Gasteiger charge is -2.13. The summed E-state index contributed by atoms with van der Waals surface area (Å²) in [6.45, 7) is 3.14. The number of rotatable bonds is 6. The average molecular weight is 215 g/mol. The lowest BCUT2D eigenvalue weighted by molar-refractivity contribution is -0.146. The van der Waals surface area contributed by atoms with Crippen LogP contribution in [0, 0.1) is 5.92 Å². The van der Waals surface area contributed by atoms with Crippen LogP contribution in [-0.4, -0.2) is 31.8 Å². The number of carbonyl (C=O) groups is 1. The highest BCUT2D eigenvalue weighted by Crippen LogP contribution is 2.24. The first-order valence-corrected chi connectivity index (χ1v) is 5.74. The van der Waals surface area contributed by atoms with Crippen LogP contribution in [0.5, 0.6) is 0 Å². The van der Waals surface area contributed by atoms with Crippen molar-refractivity contribution in [2.75, 3.05) is 19.8 Å². The molecule has 0 spiro atoms. The van der Waals surface area contributed by atoms with Crippen LogP contribution in [0.15, 0.2) is 0 Å². The smallest absolute Gasteiger partial charge is 0.325 e. The second-order valence-corrected chi connectivity index (χ2v) is 4.05. The van der Waals surface area contributed by atoms with Gasteiger partial charge in [-0.05, 0) is 25.7 Å². The molecule has 1 fully saturated rings. The van der Waals surface area contributed by atoms with Gasteiger partial charge in [-0.15, -0.1) is 0 Å². The van der Waals surface area contributed by atoms with Crippen LogP contribution in [0.2, 0.25) is 0 Å². The van der Waals surface area contributed by atoms with Gasteiger partial charge in [0.15, 0.2) is 0 Å². The molecule has 1 aliphatic carbocycles. The van der Waals surface area contributed by atoms with E-state index in [0.29, 0.717) is 12.5 Å². The van der Waals surface area contributed by atoms with Gasteiger partial charge in [0.2, 0.25) is 0 Å². The zero-order valence-electron chi connectivity index (χ0n) is 9.41. The van der Waals surface area contributed by atoms with Crippen LogP contribution >= 0.6 is 0 Å². The standard InChI is InChI=1S/C11H21NO3/c1-2-15-11(13)10(12)8-14-7-9-5-3-4-6-9/h9-10H,2-8,12H2,1H3. The number of hydrogen-bond acceptors (Lipinski definition) is 4. The van der Waals surface area contributed by atoms with E-state index in [1.807, 2.05) is 0 Å². The van der Waals surface area contributed by atoms with E-state index in [1.54, 1.807) is 6.92 Å². The third-order valence-electron chi connectivity index (χ3n) is 2.72. The molecule has 1 rings (SSSR count). The van der Waals surface area contributed by atoms with Crippen molar-refractivity contribution in [2.24, 2.45) is 11.7 Å². The maximum Gasteiger partial charge on any atom is 0.325 e. The Labute approximate surface area is 91.1 Å². The fourth-order valence-corrected chi connectivity index (χ4v) is 1.86. The lowest BCUT2D eigenvalue weighted by atomic mass is 10.1. The Hall–Kier alpha value is -0.610. The van der Waals surface area contributed by atoms with Gasteiger partial charge in [0.25, 0.3) is 0 Å². The van der Waals surface area contributed by atoms with Gasteiger partial charge in [0, 0.05) is 6.61 Å². The van der Waals surface area contributed by atoms with Crippen molar-refractivity contribution < 1.29 is 14.3 Å². The molecule has 4 nitrogen and oxygen atoms in total. The van der Waals surface area contributed by atoms with Crippen LogP contribution in [0.25, 0.3) is 0 Å². The molecule has 0 aliphatic heterocycles. The van der Waals surface area contributed by atoms with E-state index in [-0.39, 0.29) is 12.6 Å². The molecule has 0 aromatic carbocycles. The predicted molar refractivity (Wildman–Crippen MR) is 57.4 cm³/mol. The minimum Gasteiger partial charge on any atom is -0.465 e. The molecule has 1 saturated carbocycles. The van der Waals surface area contributed by atoms with Crippen molar-refractivity contribution in [1.82, 2.24) is 0 Å². The molecule has 0 bridgehead atoms. The number of carbonyl (C=O) groups excluding carboxylic acids is 1. The van der Waals surface area contributed by atoms with Gasteiger partial charge in [0.1, 0.15) is 6.04 Å². The highest BCUT2D eigenvalue weighted by molar-refractivity contribution is 5.75. The Morgan fingerprint density at radius 1 is 1.47 bits per heavy atom. The number of esters is 1. The summed E-state index contributed by atoms with van der Waals surface area (Å²) < 4.78 is 10.2.